The van der Waals surface area contributed by atoms with E-state index in [4.69, 9.17) is 0 Å². The lowest BCUT2D eigenvalue weighted by molar-refractivity contribution is -0.137. The van der Waals surface area contributed by atoms with Crippen molar-refractivity contribution in [3.8, 4) is 0 Å². The molecule has 2 aromatic rings. The fourth-order valence-corrected chi connectivity index (χ4v) is 3.59. The van der Waals surface area contributed by atoms with Crippen LogP contribution in [-0.2, 0) is 12.6 Å². The summed E-state index contributed by atoms with van der Waals surface area (Å²) in [6.07, 6.45) is -1.93. The Kier molecular flexibility index (Phi) is 5.45. The SMILES string of the molecule is Cc1nsc(NC(=O)N2CCC(Cc3ccc(C(F)(F)F)cc3)CC2)n1. The molecule has 1 aliphatic rings. The van der Waals surface area contributed by atoms with Gasteiger partial charge in [0, 0.05) is 24.6 Å². The van der Waals surface area contributed by atoms with Crippen molar-refractivity contribution in [3.63, 3.8) is 0 Å². The number of hydrogen-bond acceptors (Lipinski definition) is 4. The Morgan fingerprint density at radius 3 is 2.46 bits per heavy atom. The van der Waals surface area contributed by atoms with Gasteiger partial charge in [0.15, 0.2) is 0 Å². The van der Waals surface area contributed by atoms with Gasteiger partial charge in [-0.1, -0.05) is 12.1 Å². The number of aromatic nitrogens is 2. The Hall–Kier alpha value is -2.16. The minimum atomic E-state index is -4.30. The molecule has 0 atom stereocenters. The molecule has 1 N–H and O–H groups in total. The third-order valence-electron chi connectivity index (χ3n) is 4.45. The first-order chi connectivity index (χ1) is 12.3. The maximum atomic E-state index is 12.6. The molecule has 1 aliphatic heterocycles. The maximum Gasteiger partial charge on any atom is 0.416 e. The molecule has 1 saturated heterocycles. The summed E-state index contributed by atoms with van der Waals surface area (Å²) in [6, 6.07) is 5.15. The van der Waals surface area contributed by atoms with Crippen LogP contribution in [0.5, 0.6) is 0 Å². The highest BCUT2D eigenvalue weighted by atomic mass is 32.1. The number of carbonyl (C=O) groups is 1. The van der Waals surface area contributed by atoms with Gasteiger partial charge in [0.1, 0.15) is 5.82 Å². The number of urea groups is 1. The minimum Gasteiger partial charge on any atom is -0.324 e. The van der Waals surface area contributed by atoms with Crippen LogP contribution in [0.15, 0.2) is 24.3 Å². The molecule has 1 aromatic carbocycles. The van der Waals surface area contributed by atoms with E-state index in [0.717, 1.165) is 48.5 Å². The molecule has 0 unspecified atom stereocenters. The standard InChI is InChI=1S/C17H19F3N4OS/c1-11-21-15(26-23-11)22-16(25)24-8-6-13(7-9-24)10-12-2-4-14(5-3-12)17(18,19)20/h2-5,13H,6-10H2,1H3,(H,21,22,23,25). The molecule has 0 spiro atoms. The summed E-state index contributed by atoms with van der Waals surface area (Å²) in [5.41, 5.74) is 0.268. The van der Waals surface area contributed by atoms with Crippen LogP contribution in [0.3, 0.4) is 0 Å². The summed E-state index contributed by atoms with van der Waals surface area (Å²) >= 11 is 1.15. The number of benzene rings is 1. The van der Waals surface area contributed by atoms with Crippen LogP contribution in [0, 0.1) is 12.8 Å². The molecule has 140 valence electrons. The van der Waals surface area contributed by atoms with E-state index in [1.807, 2.05) is 0 Å². The average Bonchev–Trinajstić information content (AvgIpc) is 3.00. The predicted octanol–water partition coefficient (Wildman–Crippen LogP) is 4.35. The van der Waals surface area contributed by atoms with E-state index < -0.39 is 11.7 Å². The largest absolute Gasteiger partial charge is 0.416 e. The van der Waals surface area contributed by atoms with Gasteiger partial charge in [-0.3, -0.25) is 5.32 Å². The number of rotatable bonds is 3. The van der Waals surface area contributed by atoms with Crippen molar-refractivity contribution in [2.24, 2.45) is 5.92 Å². The number of hydrogen-bond donors (Lipinski definition) is 1. The van der Waals surface area contributed by atoms with E-state index in [1.54, 1.807) is 24.0 Å². The van der Waals surface area contributed by atoms with Gasteiger partial charge in [-0.15, -0.1) is 0 Å². The fraction of sp³-hybridized carbons (Fsp3) is 0.471. The van der Waals surface area contributed by atoms with E-state index in [0.29, 0.717) is 30.0 Å². The van der Waals surface area contributed by atoms with Gasteiger partial charge in [0.05, 0.1) is 5.56 Å². The first-order valence-corrected chi connectivity index (χ1v) is 9.11. The van der Waals surface area contributed by atoms with Crippen LogP contribution in [-0.4, -0.2) is 33.4 Å². The van der Waals surface area contributed by atoms with Gasteiger partial charge in [-0.2, -0.15) is 17.5 Å². The smallest absolute Gasteiger partial charge is 0.324 e. The lowest BCUT2D eigenvalue weighted by Gasteiger charge is -2.31. The van der Waals surface area contributed by atoms with Crippen molar-refractivity contribution in [2.45, 2.75) is 32.4 Å². The van der Waals surface area contributed by atoms with Gasteiger partial charge in [0.2, 0.25) is 5.13 Å². The molecule has 5 nitrogen and oxygen atoms in total. The molecule has 2 amide bonds. The number of halogens is 3. The second-order valence-corrected chi connectivity index (χ2v) is 7.16. The second kappa shape index (κ2) is 7.61. The summed E-state index contributed by atoms with van der Waals surface area (Å²) in [4.78, 5) is 18.1. The fourth-order valence-electron chi connectivity index (χ4n) is 3.02. The number of carbonyl (C=O) groups excluding carboxylic acids is 1. The molecule has 0 bridgehead atoms. The zero-order valence-electron chi connectivity index (χ0n) is 14.2. The van der Waals surface area contributed by atoms with Gasteiger partial charge < -0.3 is 4.90 Å². The number of aryl methyl sites for hydroxylation is 1. The van der Waals surface area contributed by atoms with Crippen molar-refractivity contribution >= 4 is 22.7 Å². The van der Waals surface area contributed by atoms with Crippen LogP contribution in [0.1, 0.15) is 29.8 Å². The molecule has 3 rings (SSSR count). The first-order valence-electron chi connectivity index (χ1n) is 8.33. The summed E-state index contributed by atoms with van der Waals surface area (Å²) in [6.45, 7) is 3.00. The third-order valence-corrected chi connectivity index (χ3v) is 5.17. The molecular weight excluding hydrogens is 365 g/mol. The van der Waals surface area contributed by atoms with Crippen molar-refractivity contribution in [1.82, 2.24) is 14.3 Å². The lowest BCUT2D eigenvalue weighted by Crippen LogP contribution is -2.41. The van der Waals surface area contributed by atoms with E-state index in [9.17, 15) is 18.0 Å². The van der Waals surface area contributed by atoms with Gasteiger partial charge in [-0.05, 0) is 49.8 Å². The number of anilines is 1. The Morgan fingerprint density at radius 2 is 1.92 bits per heavy atom. The number of alkyl halides is 3. The van der Waals surface area contributed by atoms with Gasteiger partial charge in [0.25, 0.3) is 0 Å². The molecule has 0 aliphatic carbocycles. The lowest BCUT2D eigenvalue weighted by atomic mass is 9.90. The summed E-state index contributed by atoms with van der Waals surface area (Å²) < 4.78 is 41.8. The molecule has 1 aromatic heterocycles. The number of piperidine rings is 1. The maximum absolute atomic E-state index is 12.6. The quantitative estimate of drug-likeness (QED) is 0.856. The molecule has 0 radical (unpaired) electrons. The summed E-state index contributed by atoms with van der Waals surface area (Å²) in [5, 5.41) is 3.23. The van der Waals surface area contributed by atoms with E-state index in [-0.39, 0.29) is 6.03 Å². The van der Waals surface area contributed by atoms with E-state index >= 15 is 0 Å². The second-order valence-electron chi connectivity index (χ2n) is 6.41. The van der Waals surface area contributed by atoms with Crippen LogP contribution in [0.2, 0.25) is 0 Å². The van der Waals surface area contributed by atoms with Crippen LogP contribution < -0.4 is 5.32 Å². The molecule has 0 saturated carbocycles. The highest BCUT2D eigenvalue weighted by Crippen LogP contribution is 2.30. The topological polar surface area (TPSA) is 58.1 Å². The summed E-state index contributed by atoms with van der Waals surface area (Å²) in [5.74, 6) is 0.986. The normalized spacial score (nSPS) is 15.9. The Balaban J connectivity index is 1.48. The Bertz CT molecular complexity index is 752. The Morgan fingerprint density at radius 1 is 1.27 bits per heavy atom. The number of nitrogens with one attached hydrogen (secondary N) is 1. The molecule has 9 heteroatoms. The highest BCUT2D eigenvalue weighted by Gasteiger charge is 2.30. The van der Waals surface area contributed by atoms with Crippen molar-refractivity contribution in [1.29, 1.82) is 0 Å². The first kappa shape index (κ1) is 18.6. The van der Waals surface area contributed by atoms with Crippen LogP contribution in [0.25, 0.3) is 0 Å². The average molecular weight is 384 g/mol. The monoisotopic (exact) mass is 384 g/mol. The molecular formula is C17H19F3N4OS. The molecule has 1 fully saturated rings. The van der Waals surface area contributed by atoms with Gasteiger partial charge >= 0.3 is 12.2 Å². The molecule has 2 heterocycles. The van der Waals surface area contributed by atoms with Crippen molar-refractivity contribution in [2.75, 3.05) is 18.4 Å². The Labute approximate surface area is 153 Å². The zero-order valence-corrected chi connectivity index (χ0v) is 15.0. The number of likely N-dealkylation sites (tertiary alicyclic amines) is 1. The van der Waals surface area contributed by atoms with Crippen molar-refractivity contribution in [3.05, 3.63) is 41.2 Å². The van der Waals surface area contributed by atoms with Crippen LogP contribution >= 0.6 is 11.5 Å². The predicted molar refractivity (Wildman–Crippen MR) is 93.1 cm³/mol. The number of nitrogens with zero attached hydrogens (tertiary/aromatic N) is 3. The van der Waals surface area contributed by atoms with E-state index in [2.05, 4.69) is 14.7 Å². The van der Waals surface area contributed by atoms with Crippen LogP contribution in [0.4, 0.5) is 23.1 Å². The molecule has 26 heavy (non-hydrogen) atoms. The van der Waals surface area contributed by atoms with E-state index in [1.165, 1.54) is 0 Å². The number of amides is 2. The summed E-state index contributed by atoms with van der Waals surface area (Å²) in [7, 11) is 0. The zero-order chi connectivity index (χ0) is 18.7. The van der Waals surface area contributed by atoms with Gasteiger partial charge in [-0.25, -0.2) is 9.78 Å². The third kappa shape index (κ3) is 4.72. The van der Waals surface area contributed by atoms with Crippen molar-refractivity contribution < 1.29 is 18.0 Å². The highest BCUT2D eigenvalue weighted by molar-refractivity contribution is 7.09. The minimum absolute atomic E-state index is 0.186.